The highest BCUT2D eigenvalue weighted by Crippen LogP contribution is 2.38. The summed E-state index contributed by atoms with van der Waals surface area (Å²) < 4.78 is 29.0. The predicted octanol–water partition coefficient (Wildman–Crippen LogP) is 2.71. The molecule has 1 spiro atoms. The van der Waals surface area contributed by atoms with E-state index in [9.17, 15) is 8.42 Å². The summed E-state index contributed by atoms with van der Waals surface area (Å²) >= 11 is 3.35. The maximum absolute atomic E-state index is 12.6. The topological polar surface area (TPSA) is 58.2 Å². The van der Waals surface area contributed by atoms with Crippen molar-refractivity contribution in [1.29, 1.82) is 0 Å². The van der Waals surface area contributed by atoms with E-state index >= 15 is 0 Å². The molecule has 1 atom stereocenters. The molecular weight excluding hydrogens is 352 g/mol. The Labute approximate surface area is 134 Å². The van der Waals surface area contributed by atoms with Gasteiger partial charge in [0, 0.05) is 16.1 Å². The van der Waals surface area contributed by atoms with Gasteiger partial charge in [0.15, 0.2) is 0 Å². The van der Waals surface area contributed by atoms with Gasteiger partial charge in [0.2, 0.25) is 10.0 Å². The Kier molecular flexibility index (Phi) is 4.16. The van der Waals surface area contributed by atoms with Gasteiger partial charge >= 0.3 is 0 Å². The van der Waals surface area contributed by atoms with Crippen LogP contribution in [0, 0.1) is 6.92 Å². The third-order valence-corrected chi connectivity index (χ3v) is 6.86. The van der Waals surface area contributed by atoms with Crippen molar-refractivity contribution in [2.24, 2.45) is 0 Å². The van der Waals surface area contributed by atoms with Crippen LogP contribution in [-0.2, 0) is 10.0 Å². The Bertz CT molecular complexity index is 641. The van der Waals surface area contributed by atoms with Gasteiger partial charge < -0.3 is 5.32 Å². The second-order valence-corrected chi connectivity index (χ2v) is 8.88. The molecule has 3 rings (SSSR count). The van der Waals surface area contributed by atoms with Gasteiger partial charge in [-0.15, -0.1) is 0 Å². The third kappa shape index (κ3) is 3.18. The second-order valence-electron chi connectivity index (χ2n) is 6.28. The van der Waals surface area contributed by atoms with Gasteiger partial charge in [-0.2, -0.15) is 0 Å². The molecule has 116 valence electrons. The van der Waals surface area contributed by atoms with Crippen molar-refractivity contribution in [1.82, 2.24) is 10.0 Å². The van der Waals surface area contributed by atoms with Crippen molar-refractivity contribution in [3.05, 3.63) is 28.2 Å². The number of benzene rings is 1. The SMILES string of the molecule is Cc1ccc(Br)cc1S(=O)(=O)NC1CCNC2(CCC2)C1. The van der Waals surface area contributed by atoms with Gasteiger partial charge in [0.25, 0.3) is 0 Å². The van der Waals surface area contributed by atoms with Crippen LogP contribution in [0.4, 0.5) is 0 Å². The van der Waals surface area contributed by atoms with Crippen LogP contribution in [0.1, 0.15) is 37.7 Å². The van der Waals surface area contributed by atoms with Gasteiger partial charge in [-0.05, 0) is 63.3 Å². The zero-order chi connectivity index (χ0) is 15.1. The van der Waals surface area contributed by atoms with Crippen molar-refractivity contribution in [2.75, 3.05) is 6.54 Å². The normalized spacial score (nSPS) is 24.8. The molecule has 4 nitrogen and oxygen atoms in total. The first-order chi connectivity index (χ1) is 9.90. The number of piperidine rings is 1. The molecule has 1 aliphatic carbocycles. The van der Waals surface area contributed by atoms with Crippen LogP contribution < -0.4 is 10.0 Å². The van der Waals surface area contributed by atoms with Crippen LogP contribution >= 0.6 is 15.9 Å². The van der Waals surface area contributed by atoms with Gasteiger partial charge in [0.05, 0.1) is 4.90 Å². The van der Waals surface area contributed by atoms with E-state index in [2.05, 4.69) is 26.0 Å². The predicted molar refractivity (Wildman–Crippen MR) is 86.8 cm³/mol. The summed E-state index contributed by atoms with van der Waals surface area (Å²) in [7, 11) is -3.46. The van der Waals surface area contributed by atoms with Gasteiger partial charge in [-0.1, -0.05) is 22.0 Å². The first-order valence-electron chi connectivity index (χ1n) is 7.44. The van der Waals surface area contributed by atoms with E-state index in [4.69, 9.17) is 0 Å². The fraction of sp³-hybridized carbons (Fsp3) is 0.600. The van der Waals surface area contributed by atoms with Crippen LogP contribution in [0.2, 0.25) is 0 Å². The highest BCUT2D eigenvalue weighted by atomic mass is 79.9. The standard InChI is InChI=1S/C15H21BrN2O2S/c1-11-3-4-12(16)9-14(11)21(19,20)18-13-5-8-17-15(10-13)6-2-7-15/h3-4,9,13,17-18H,2,5-8,10H2,1H3. The Morgan fingerprint density at radius 3 is 2.81 bits per heavy atom. The van der Waals surface area contributed by atoms with Crippen molar-refractivity contribution in [3.8, 4) is 0 Å². The summed E-state index contributed by atoms with van der Waals surface area (Å²) in [5, 5.41) is 3.57. The van der Waals surface area contributed by atoms with E-state index in [0.29, 0.717) is 4.90 Å². The van der Waals surface area contributed by atoms with E-state index in [0.717, 1.165) is 29.4 Å². The molecule has 2 N–H and O–H groups in total. The Morgan fingerprint density at radius 1 is 1.38 bits per heavy atom. The largest absolute Gasteiger partial charge is 0.311 e. The zero-order valence-electron chi connectivity index (χ0n) is 12.2. The minimum atomic E-state index is -3.46. The Morgan fingerprint density at radius 2 is 2.14 bits per heavy atom. The smallest absolute Gasteiger partial charge is 0.241 e. The van der Waals surface area contributed by atoms with Crippen LogP contribution in [0.5, 0.6) is 0 Å². The lowest BCUT2D eigenvalue weighted by Gasteiger charge is -2.48. The average Bonchev–Trinajstić information content (AvgIpc) is 2.39. The average molecular weight is 373 g/mol. The third-order valence-electron chi connectivity index (χ3n) is 4.70. The van der Waals surface area contributed by atoms with Crippen molar-refractivity contribution >= 4 is 26.0 Å². The lowest BCUT2D eigenvalue weighted by Crippen LogP contribution is -2.59. The maximum atomic E-state index is 12.6. The monoisotopic (exact) mass is 372 g/mol. The van der Waals surface area contributed by atoms with E-state index in [1.165, 1.54) is 19.3 Å². The molecule has 1 aromatic carbocycles. The summed E-state index contributed by atoms with van der Waals surface area (Å²) in [6.07, 6.45) is 5.34. The first kappa shape index (κ1) is 15.5. The molecule has 1 heterocycles. The summed E-state index contributed by atoms with van der Waals surface area (Å²) in [6, 6.07) is 5.41. The van der Waals surface area contributed by atoms with Crippen molar-refractivity contribution in [3.63, 3.8) is 0 Å². The summed E-state index contributed by atoms with van der Waals surface area (Å²) in [6.45, 7) is 2.72. The van der Waals surface area contributed by atoms with Gasteiger partial charge in [0.1, 0.15) is 0 Å². The Balaban J connectivity index is 1.78. The number of sulfonamides is 1. The molecule has 2 aliphatic rings. The van der Waals surface area contributed by atoms with E-state index in [-0.39, 0.29) is 11.6 Å². The number of aryl methyl sites for hydroxylation is 1. The lowest BCUT2D eigenvalue weighted by molar-refractivity contribution is 0.126. The molecule has 1 unspecified atom stereocenters. The molecule has 6 heteroatoms. The maximum Gasteiger partial charge on any atom is 0.241 e. The molecule has 1 aliphatic heterocycles. The number of hydrogen-bond donors (Lipinski definition) is 2. The molecule has 21 heavy (non-hydrogen) atoms. The zero-order valence-corrected chi connectivity index (χ0v) is 14.6. The molecule has 0 amide bonds. The fourth-order valence-corrected chi connectivity index (χ4v) is 5.44. The molecule has 1 aromatic rings. The van der Waals surface area contributed by atoms with Crippen LogP contribution in [0.25, 0.3) is 0 Å². The fourth-order valence-electron chi connectivity index (χ4n) is 3.39. The summed E-state index contributed by atoms with van der Waals surface area (Å²) in [5.74, 6) is 0. The minimum Gasteiger partial charge on any atom is -0.311 e. The number of rotatable bonds is 3. The van der Waals surface area contributed by atoms with Gasteiger partial charge in [-0.25, -0.2) is 13.1 Å². The molecule has 0 bridgehead atoms. The minimum absolute atomic E-state index is 0.0370. The molecule has 0 radical (unpaired) electrons. The number of hydrogen-bond acceptors (Lipinski definition) is 3. The molecular formula is C15H21BrN2O2S. The molecule has 2 fully saturated rings. The highest BCUT2D eigenvalue weighted by Gasteiger charge is 2.41. The number of halogens is 1. The van der Waals surface area contributed by atoms with Crippen LogP contribution in [0.3, 0.4) is 0 Å². The number of nitrogens with one attached hydrogen (secondary N) is 2. The molecule has 1 saturated heterocycles. The lowest BCUT2D eigenvalue weighted by atomic mass is 9.70. The summed E-state index contributed by atoms with van der Waals surface area (Å²) in [4.78, 5) is 0.373. The molecule has 1 saturated carbocycles. The van der Waals surface area contributed by atoms with Crippen LogP contribution in [-0.4, -0.2) is 26.5 Å². The first-order valence-corrected chi connectivity index (χ1v) is 9.71. The van der Waals surface area contributed by atoms with Gasteiger partial charge in [-0.3, -0.25) is 0 Å². The molecule has 0 aromatic heterocycles. The van der Waals surface area contributed by atoms with E-state index in [1.807, 2.05) is 19.1 Å². The van der Waals surface area contributed by atoms with Crippen molar-refractivity contribution < 1.29 is 8.42 Å². The second kappa shape index (κ2) is 5.65. The van der Waals surface area contributed by atoms with E-state index in [1.54, 1.807) is 6.07 Å². The quantitative estimate of drug-likeness (QED) is 0.857. The summed E-state index contributed by atoms with van der Waals surface area (Å²) in [5.41, 5.74) is 0.968. The highest BCUT2D eigenvalue weighted by molar-refractivity contribution is 9.10. The van der Waals surface area contributed by atoms with Crippen molar-refractivity contribution in [2.45, 2.75) is 55.5 Å². The van der Waals surface area contributed by atoms with E-state index < -0.39 is 10.0 Å². The Hall–Kier alpha value is -0.430. The van der Waals surface area contributed by atoms with Crippen LogP contribution in [0.15, 0.2) is 27.6 Å².